The molecule has 1 N–H and O–H groups in total. The number of nitrogens with one attached hydrogen (secondary N) is 1. The Bertz CT molecular complexity index is 1170. The van der Waals surface area contributed by atoms with Gasteiger partial charge in [-0.2, -0.15) is 0 Å². The van der Waals surface area contributed by atoms with Crippen molar-refractivity contribution in [1.82, 2.24) is 10.2 Å². The highest BCUT2D eigenvalue weighted by Gasteiger charge is 2.32. The summed E-state index contributed by atoms with van der Waals surface area (Å²) in [4.78, 5) is 28.4. The van der Waals surface area contributed by atoms with Crippen LogP contribution in [-0.4, -0.2) is 57.6 Å². The first-order valence-electron chi connectivity index (χ1n) is 13.0. The lowest BCUT2D eigenvalue weighted by Crippen LogP contribution is -2.52. The van der Waals surface area contributed by atoms with Crippen LogP contribution in [0.4, 0.5) is 5.69 Å². The van der Waals surface area contributed by atoms with Crippen LogP contribution in [0.15, 0.2) is 48.5 Å². The second kappa shape index (κ2) is 13.1. The highest BCUT2D eigenvalue weighted by atomic mass is 32.2. The van der Waals surface area contributed by atoms with E-state index in [1.54, 1.807) is 31.4 Å². The Hall–Kier alpha value is -3.07. The molecule has 2 amide bonds. The predicted octanol–water partition coefficient (Wildman–Crippen LogP) is 4.34. The summed E-state index contributed by atoms with van der Waals surface area (Å²) in [5.74, 6) is 0.204. The number of nitrogens with zero attached hydrogens (tertiary/aromatic N) is 2. The molecule has 8 nitrogen and oxygen atoms in total. The second-order valence-electron chi connectivity index (χ2n) is 11.0. The first-order chi connectivity index (χ1) is 17.7. The Morgan fingerprint density at radius 2 is 1.58 bits per heavy atom. The van der Waals surface area contributed by atoms with Crippen LogP contribution in [0, 0.1) is 5.92 Å². The van der Waals surface area contributed by atoms with Gasteiger partial charge in [0.2, 0.25) is 21.8 Å². The van der Waals surface area contributed by atoms with Crippen LogP contribution in [0.5, 0.6) is 5.75 Å². The minimum atomic E-state index is -3.78. The molecule has 0 fully saturated rings. The maximum Gasteiger partial charge on any atom is 0.244 e. The zero-order chi connectivity index (χ0) is 28.7. The Kier molecular flexibility index (Phi) is 10.8. The van der Waals surface area contributed by atoms with Crippen LogP contribution >= 0.6 is 0 Å². The number of hydrogen-bond donors (Lipinski definition) is 1. The number of anilines is 1. The summed E-state index contributed by atoms with van der Waals surface area (Å²) >= 11 is 0. The van der Waals surface area contributed by atoms with Crippen LogP contribution in [0.3, 0.4) is 0 Å². The smallest absolute Gasteiger partial charge is 0.244 e. The minimum absolute atomic E-state index is 0.100. The third-order valence-electron chi connectivity index (χ3n) is 6.28. The van der Waals surface area contributed by atoms with Crippen molar-refractivity contribution in [1.29, 1.82) is 0 Å². The van der Waals surface area contributed by atoms with Crippen LogP contribution in [-0.2, 0) is 31.6 Å². The molecule has 1 unspecified atom stereocenters. The fourth-order valence-electron chi connectivity index (χ4n) is 4.01. The van der Waals surface area contributed by atoms with Gasteiger partial charge < -0.3 is 15.0 Å². The molecule has 0 aliphatic carbocycles. The maximum absolute atomic E-state index is 13.8. The molecule has 0 aromatic heterocycles. The van der Waals surface area contributed by atoms with Crippen LogP contribution in [0.2, 0.25) is 0 Å². The Morgan fingerprint density at radius 3 is 2.03 bits per heavy atom. The molecule has 0 saturated carbocycles. The van der Waals surface area contributed by atoms with E-state index >= 15 is 0 Å². The number of benzene rings is 2. The first kappa shape index (κ1) is 31.1. The van der Waals surface area contributed by atoms with Gasteiger partial charge in [0.1, 0.15) is 18.3 Å². The molecule has 0 spiro atoms. The monoisotopic (exact) mass is 545 g/mol. The summed E-state index contributed by atoms with van der Waals surface area (Å²) in [6.07, 6.45) is 1.46. The van der Waals surface area contributed by atoms with Crippen LogP contribution in [0.1, 0.15) is 59.1 Å². The zero-order valence-electron chi connectivity index (χ0n) is 23.9. The number of rotatable bonds is 12. The molecule has 0 bridgehead atoms. The third-order valence-corrected chi connectivity index (χ3v) is 7.42. The SMILES string of the molecule is CCC(C(=O)NCC(C)C)N(Cc1ccc(OC)cc1)C(=O)CN(c1ccc(C(C)(C)C)cc1)S(C)(=O)=O. The van der Waals surface area contributed by atoms with Crippen molar-refractivity contribution in [2.45, 2.75) is 66.0 Å². The molecule has 0 radical (unpaired) electrons. The van der Waals surface area contributed by atoms with Crippen LogP contribution < -0.4 is 14.4 Å². The number of carbonyl (C=O) groups excluding carboxylic acids is 2. The molecule has 1 atom stereocenters. The summed E-state index contributed by atoms with van der Waals surface area (Å²) < 4.78 is 32.0. The number of sulfonamides is 1. The Balaban J connectivity index is 2.43. The Labute approximate surface area is 228 Å². The number of carbonyl (C=O) groups is 2. The molecular formula is C29H43N3O5S. The van der Waals surface area contributed by atoms with E-state index < -0.39 is 28.5 Å². The van der Waals surface area contributed by atoms with E-state index in [1.807, 2.05) is 45.0 Å². The van der Waals surface area contributed by atoms with Gasteiger partial charge in [-0.15, -0.1) is 0 Å². The second-order valence-corrected chi connectivity index (χ2v) is 12.9. The van der Waals surface area contributed by atoms with Crippen molar-refractivity contribution in [2.24, 2.45) is 5.92 Å². The van der Waals surface area contributed by atoms with E-state index in [1.165, 1.54) is 4.90 Å². The van der Waals surface area contributed by atoms with Crippen molar-refractivity contribution in [3.63, 3.8) is 0 Å². The molecular weight excluding hydrogens is 502 g/mol. The van der Waals surface area contributed by atoms with E-state index in [9.17, 15) is 18.0 Å². The van der Waals surface area contributed by atoms with Gasteiger partial charge in [-0.05, 0) is 53.1 Å². The van der Waals surface area contributed by atoms with Crippen molar-refractivity contribution in [2.75, 3.05) is 30.8 Å². The fourth-order valence-corrected chi connectivity index (χ4v) is 4.86. The lowest BCUT2D eigenvalue weighted by atomic mass is 9.87. The van der Waals surface area contributed by atoms with E-state index in [4.69, 9.17) is 4.74 Å². The average Bonchev–Trinajstić information content (AvgIpc) is 2.85. The van der Waals surface area contributed by atoms with E-state index in [0.29, 0.717) is 24.4 Å². The molecule has 0 heterocycles. The highest BCUT2D eigenvalue weighted by Crippen LogP contribution is 2.26. The van der Waals surface area contributed by atoms with E-state index in [2.05, 4.69) is 26.1 Å². The summed E-state index contributed by atoms with van der Waals surface area (Å²) in [5, 5.41) is 2.92. The van der Waals surface area contributed by atoms with E-state index in [-0.39, 0.29) is 23.8 Å². The lowest BCUT2D eigenvalue weighted by Gasteiger charge is -2.33. The van der Waals surface area contributed by atoms with Gasteiger partial charge in [0.05, 0.1) is 19.1 Å². The van der Waals surface area contributed by atoms with Gasteiger partial charge in [0.15, 0.2) is 0 Å². The van der Waals surface area contributed by atoms with Gasteiger partial charge in [0, 0.05) is 13.1 Å². The summed E-state index contributed by atoms with van der Waals surface area (Å²) in [6, 6.07) is 13.7. The van der Waals surface area contributed by atoms with Crippen LogP contribution in [0.25, 0.3) is 0 Å². The third kappa shape index (κ3) is 8.75. The van der Waals surface area contributed by atoms with Crippen molar-refractivity contribution < 1.29 is 22.7 Å². The summed E-state index contributed by atoms with van der Waals surface area (Å²) in [6.45, 7) is 12.3. The number of methoxy groups -OCH3 is 1. The van der Waals surface area contributed by atoms with Gasteiger partial charge in [0.25, 0.3) is 0 Å². The largest absolute Gasteiger partial charge is 0.497 e. The molecule has 9 heteroatoms. The van der Waals surface area contributed by atoms with Gasteiger partial charge >= 0.3 is 0 Å². The number of amides is 2. The van der Waals surface area contributed by atoms with Gasteiger partial charge in [-0.25, -0.2) is 8.42 Å². The molecule has 38 heavy (non-hydrogen) atoms. The maximum atomic E-state index is 13.8. The molecule has 210 valence electrons. The highest BCUT2D eigenvalue weighted by molar-refractivity contribution is 7.92. The Morgan fingerprint density at radius 1 is 1.00 bits per heavy atom. The topological polar surface area (TPSA) is 96.0 Å². The molecule has 2 aromatic carbocycles. The molecule has 0 aliphatic heterocycles. The van der Waals surface area contributed by atoms with Gasteiger partial charge in [-0.1, -0.05) is 65.8 Å². The van der Waals surface area contributed by atoms with E-state index in [0.717, 1.165) is 21.7 Å². The summed E-state index contributed by atoms with van der Waals surface area (Å²) in [5.41, 5.74) is 2.15. The van der Waals surface area contributed by atoms with Crippen molar-refractivity contribution >= 4 is 27.5 Å². The molecule has 2 rings (SSSR count). The quantitative estimate of drug-likeness (QED) is 0.428. The van der Waals surface area contributed by atoms with Crippen molar-refractivity contribution in [3.05, 3.63) is 59.7 Å². The molecule has 2 aromatic rings. The minimum Gasteiger partial charge on any atom is -0.497 e. The zero-order valence-corrected chi connectivity index (χ0v) is 24.8. The first-order valence-corrected chi connectivity index (χ1v) is 14.8. The lowest BCUT2D eigenvalue weighted by molar-refractivity contribution is -0.140. The standard InChI is InChI=1S/C29H43N3O5S/c1-9-26(28(34)30-18-21(2)3)31(19-22-10-16-25(37-7)17-11-22)27(33)20-32(38(8,35)36)24-14-12-23(13-15-24)29(4,5)6/h10-17,21,26H,9,18-20H2,1-8H3,(H,30,34). The van der Waals surface area contributed by atoms with Gasteiger partial charge in [-0.3, -0.25) is 13.9 Å². The molecule has 0 aliphatic rings. The number of ether oxygens (including phenoxy) is 1. The average molecular weight is 546 g/mol. The van der Waals surface area contributed by atoms with Crippen molar-refractivity contribution in [3.8, 4) is 5.75 Å². The predicted molar refractivity (Wildman–Crippen MR) is 153 cm³/mol. The number of hydrogen-bond acceptors (Lipinski definition) is 5. The molecule has 0 saturated heterocycles. The normalized spacial score (nSPS) is 12.7. The summed E-state index contributed by atoms with van der Waals surface area (Å²) in [7, 11) is -2.21. The fraction of sp³-hybridized carbons (Fsp3) is 0.517.